The second-order valence-electron chi connectivity index (χ2n) is 7.44. The van der Waals surface area contributed by atoms with E-state index in [0.717, 1.165) is 28.8 Å². The minimum atomic E-state index is -3.85. The topological polar surface area (TPSA) is 86.8 Å². The number of benzene rings is 2. The standard InChI is InChI=1S/C22H26F3N3O4S/c1-15(22(30)26-2)27(14-16-7-4-5-8-18(16)23)21(29)9-6-12-28(33(3,31)32)17-10-11-19(24)20(25)13-17/h4-5,7-8,10-11,13,15H,6,9,12,14H2,1-3H3,(H,26,30). The lowest BCUT2D eigenvalue weighted by Crippen LogP contribution is -2.47. The number of amides is 2. The van der Waals surface area contributed by atoms with Gasteiger partial charge in [-0.05, 0) is 31.5 Å². The third-order valence-corrected chi connectivity index (χ3v) is 6.25. The van der Waals surface area contributed by atoms with Gasteiger partial charge in [-0.15, -0.1) is 0 Å². The lowest BCUT2D eigenvalue weighted by Gasteiger charge is -2.29. The molecular formula is C22H26F3N3O4S. The van der Waals surface area contributed by atoms with E-state index >= 15 is 0 Å². The second-order valence-corrected chi connectivity index (χ2v) is 9.35. The van der Waals surface area contributed by atoms with E-state index in [4.69, 9.17) is 0 Å². The van der Waals surface area contributed by atoms with Gasteiger partial charge in [-0.1, -0.05) is 18.2 Å². The summed E-state index contributed by atoms with van der Waals surface area (Å²) in [6, 6.07) is 7.65. The Morgan fingerprint density at radius 2 is 1.70 bits per heavy atom. The number of anilines is 1. The van der Waals surface area contributed by atoms with Crippen LogP contribution in [0, 0.1) is 17.5 Å². The molecule has 0 aliphatic rings. The maximum Gasteiger partial charge on any atom is 0.242 e. The van der Waals surface area contributed by atoms with E-state index in [1.165, 1.54) is 37.1 Å². The van der Waals surface area contributed by atoms with Crippen molar-refractivity contribution in [3.05, 3.63) is 65.5 Å². The highest BCUT2D eigenvalue weighted by Gasteiger charge is 2.27. The lowest BCUT2D eigenvalue weighted by atomic mass is 10.1. The number of carbonyl (C=O) groups excluding carboxylic acids is 2. The van der Waals surface area contributed by atoms with Crippen molar-refractivity contribution in [2.45, 2.75) is 32.4 Å². The zero-order valence-electron chi connectivity index (χ0n) is 18.5. The summed E-state index contributed by atoms with van der Waals surface area (Å²) in [5, 5.41) is 2.45. The number of halogens is 3. The Labute approximate surface area is 191 Å². The molecule has 1 unspecified atom stereocenters. The van der Waals surface area contributed by atoms with Crippen LogP contribution in [0.2, 0.25) is 0 Å². The van der Waals surface area contributed by atoms with Crippen molar-refractivity contribution < 1.29 is 31.2 Å². The van der Waals surface area contributed by atoms with Crippen LogP contribution in [0.15, 0.2) is 42.5 Å². The normalized spacial score (nSPS) is 12.2. The summed E-state index contributed by atoms with van der Waals surface area (Å²) in [6.07, 6.45) is 0.777. The number of rotatable bonds is 10. The molecule has 33 heavy (non-hydrogen) atoms. The summed E-state index contributed by atoms with van der Waals surface area (Å²) in [5.74, 6) is -3.78. The Hall–Kier alpha value is -3.08. The minimum absolute atomic E-state index is 0.0269. The van der Waals surface area contributed by atoms with Gasteiger partial charge in [-0.3, -0.25) is 13.9 Å². The summed E-state index contributed by atoms with van der Waals surface area (Å²) in [7, 11) is -2.43. The third kappa shape index (κ3) is 6.95. The first-order valence-corrected chi connectivity index (χ1v) is 12.0. The van der Waals surface area contributed by atoms with E-state index in [9.17, 15) is 31.2 Å². The molecule has 0 bridgehead atoms. The molecule has 0 aromatic heterocycles. The van der Waals surface area contributed by atoms with Crippen molar-refractivity contribution >= 4 is 27.5 Å². The van der Waals surface area contributed by atoms with E-state index in [0.29, 0.717) is 0 Å². The van der Waals surface area contributed by atoms with Crippen molar-refractivity contribution in [2.24, 2.45) is 0 Å². The van der Waals surface area contributed by atoms with Crippen molar-refractivity contribution in [1.82, 2.24) is 10.2 Å². The number of nitrogens with one attached hydrogen (secondary N) is 1. The predicted octanol–water partition coefficient (Wildman–Crippen LogP) is 2.81. The molecule has 0 aliphatic carbocycles. The first-order valence-electron chi connectivity index (χ1n) is 10.1. The van der Waals surface area contributed by atoms with Gasteiger partial charge in [0, 0.05) is 38.2 Å². The molecule has 11 heteroatoms. The number of sulfonamides is 1. The molecule has 0 saturated heterocycles. The van der Waals surface area contributed by atoms with Gasteiger partial charge >= 0.3 is 0 Å². The van der Waals surface area contributed by atoms with E-state index in [1.54, 1.807) is 6.07 Å². The van der Waals surface area contributed by atoms with Crippen LogP contribution in [0.1, 0.15) is 25.3 Å². The maximum absolute atomic E-state index is 14.1. The summed E-state index contributed by atoms with van der Waals surface area (Å²) < 4.78 is 66.2. The Bertz CT molecular complexity index is 1110. The highest BCUT2D eigenvalue weighted by Crippen LogP contribution is 2.22. The third-order valence-electron chi connectivity index (χ3n) is 5.06. The molecule has 2 aromatic rings. The highest BCUT2D eigenvalue weighted by atomic mass is 32.2. The van der Waals surface area contributed by atoms with Crippen LogP contribution in [-0.4, -0.2) is 51.0 Å². The predicted molar refractivity (Wildman–Crippen MR) is 118 cm³/mol. The molecule has 0 aliphatic heterocycles. The molecule has 0 saturated carbocycles. The fourth-order valence-corrected chi connectivity index (χ4v) is 4.20. The summed E-state index contributed by atoms with van der Waals surface area (Å²) in [5.41, 5.74) is 0.145. The van der Waals surface area contributed by atoms with E-state index in [-0.39, 0.29) is 37.2 Å². The summed E-state index contributed by atoms with van der Waals surface area (Å²) in [6.45, 7) is 1.16. The first kappa shape index (κ1) is 26.2. The molecule has 0 radical (unpaired) electrons. The van der Waals surface area contributed by atoms with Gasteiger partial charge < -0.3 is 10.2 Å². The molecule has 2 amide bonds. The molecule has 0 fully saturated rings. The van der Waals surface area contributed by atoms with Gasteiger partial charge in [0.2, 0.25) is 21.8 Å². The molecule has 0 heterocycles. The molecule has 0 spiro atoms. The van der Waals surface area contributed by atoms with Crippen LogP contribution in [0.25, 0.3) is 0 Å². The first-order chi connectivity index (χ1) is 15.5. The minimum Gasteiger partial charge on any atom is -0.357 e. The number of likely N-dealkylation sites (N-methyl/N-ethyl adjacent to an activating group) is 1. The van der Waals surface area contributed by atoms with Gasteiger partial charge in [0.15, 0.2) is 11.6 Å². The quantitative estimate of drug-likeness (QED) is 0.561. The van der Waals surface area contributed by atoms with Crippen molar-refractivity contribution in [2.75, 3.05) is 24.2 Å². The SMILES string of the molecule is CNC(=O)C(C)N(Cc1ccccc1F)C(=O)CCCN(c1ccc(F)c(F)c1)S(C)(=O)=O. The Morgan fingerprint density at radius 3 is 2.27 bits per heavy atom. The van der Waals surface area contributed by atoms with Crippen molar-refractivity contribution in [3.8, 4) is 0 Å². The molecule has 2 aromatic carbocycles. The molecular weight excluding hydrogens is 459 g/mol. The van der Waals surface area contributed by atoms with Crippen LogP contribution in [0.5, 0.6) is 0 Å². The lowest BCUT2D eigenvalue weighted by molar-refractivity contribution is -0.140. The van der Waals surface area contributed by atoms with E-state index in [2.05, 4.69) is 5.32 Å². The molecule has 1 atom stereocenters. The van der Waals surface area contributed by atoms with E-state index < -0.39 is 45.3 Å². The molecule has 180 valence electrons. The van der Waals surface area contributed by atoms with Crippen molar-refractivity contribution in [3.63, 3.8) is 0 Å². The van der Waals surface area contributed by atoms with Gasteiger partial charge in [0.05, 0.1) is 11.9 Å². The smallest absolute Gasteiger partial charge is 0.242 e. The number of carbonyl (C=O) groups is 2. The average molecular weight is 486 g/mol. The maximum atomic E-state index is 14.1. The van der Waals surface area contributed by atoms with Crippen LogP contribution >= 0.6 is 0 Å². The fourth-order valence-electron chi connectivity index (χ4n) is 3.25. The molecule has 1 N–H and O–H groups in total. The zero-order valence-corrected chi connectivity index (χ0v) is 19.3. The molecule has 2 rings (SSSR count). The Balaban J connectivity index is 2.17. The van der Waals surface area contributed by atoms with Gasteiger partial charge in [-0.25, -0.2) is 21.6 Å². The van der Waals surface area contributed by atoms with Gasteiger partial charge in [-0.2, -0.15) is 0 Å². The van der Waals surface area contributed by atoms with Crippen molar-refractivity contribution in [1.29, 1.82) is 0 Å². The van der Waals surface area contributed by atoms with Crippen LogP contribution in [-0.2, 0) is 26.2 Å². The number of hydrogen-bond acceptors (Lipinski definition) is 4. The molecule has 7 nitrogen and oxygen atoms in total. The Morgan fingerprint density at radius 1 is 1.03 bits per heavy atom. The largest absolute Gasteiger partial charge is 0.357 e. The number of nitrogens with zero attached hydrogens (tertiary/aromatic N) is 2. The second kappa shape index (κ2) is 11.2. The van der Waals surface area contributed by atoms with Gasteiger partial charge in [0.1, 0.15) is 11.9 Å². The monoisotopic (exact) mass is 485 g/mol. The fraction of sp³-hybridized carbons (Fsp3) is 0.364. The average Bonchev–Trinajstić information content (AvgIpc) is 2.76. The summed E-state index contributed by atoms with van der Waals surface area (Å²) >= 11 is 0. The zero-order chi connectivity index (χ0) is 24.8. The highest BCUT2D eigenvalue weighted by molar-refractivity contribution is 7.92. The Kier molecular flexibility index (Phi) is 8.86. The number of hydrogen-bond donors (Lipinski definition) is 1. The van der Waals surface area contributed by atoms with Crippen LogP contribution in [0.4, 0.5) is 18.9 Å². The van der Waals surface area contributed by atoms with Crippen LogP contribution in [0.3, 0.4) is 0 Å². The van der Waals surface area contributed by atoms with E-state index in [1.807, 2.05) is 0 Å². The van der Waals surface area contributed by atoms with Crippen LogP contribution < -0.4 is 9.62 Å². The van der Waals surface area contributed by atoms with Gasteiger partial charge in [0.25, 0.3) is 0 Å². The summed E-state index contributed by atoms with van der Waals surface area (Å²) in [4.78, 5) is 26.3.